The van der Waals surface area contributed by atoms with Crippen molar-refractivity contribution in [1.29, 1.82) is 0 Å². The number of hydrogen-bond donors (Lipinski definition) is 0. The lowest BCUT2D eigenvalue weighted by atomic mass is 9.87. The Morgan fingerprint density at radius 3 is 1.90 bits per heavy atom. The normalized spacial score (nSPS) is 16.4. The predicted octanol–water partition coefficient (Wildman–Crippen LogP) is 2.65. The second-order valence-corrected chi connectivity index (χ2v) is 3.01. The zero-order valence-corrected chi connectivity index (χ0v) is 7.48. The van der Waals surface area contributed by atoms with E-state index in [0.29, 0.717) is 17.6 Å². The van der Waals surface area contributed by atoms with Crippen LogP contribution in [0.25, 0.3) is 0 Å². The van der Waals surface area contributed by atoms with Gasteiger partial charge in [0.25, 0.3) is 0 Å². The molecule has 0 aliphatic heterocycles. The fraction of sp³-hybridized carbons (Fsp3) is 0.889. The number of carbonyl (C=O) groups excluding carboxylic acids is 1. The molecule has 0 heterocycles. The molecule has 0 unspecified atom stereocenters. The van der Waals surface area contributed by atoms with Gasteiger partial charge in [-0.25, -0.2) is 0 Å². The van der Waals surface area contributed by atoms with Gasteiger partial charge >= 0.3 is 0 Å². The Kier molecular flexibility index (Phi) is 4.33. The number of hydrogen-bond acceptors (Lipinski definition) is 1. The summed E-state index contributed by atoms with van der Waals surface area (Å²) >= 11 is 0. The molecular formula is C9H18O. The zero-order valence-electron chi connectivity index (χ0n) is 7.48. The van der Waals surface area contributed by atoms with Crippen molar-refractivity contribution in [2.45, 2.75) is 40.5 Å². The van der Waals surface area contributed by atoms with Crippen molar-refractivity contribution in [2.24, 2.45) is 11.8 Å². The van der Waals surface area contributed by atoms with Gasteiger partial charge in [0.2, 0.25) is 0 Å². The van der Waals surface area contributed by atoms with E-state index in [1.54, 1.807) is 6.92 Å². The van der Waals surface area contributed by atoms with Crippen molar-refractivity contribution in [3.05, 3.63) is 0 Å². The van der Waals surface area contributed by atoms with Crippen LogP contribution >= 0.6 is 0 Å². The first-order valence-corrected chi connectivity index (χ1v) is 4.13. The molecule has 0 saturated carbocycles. The maximum absolute atomic E-state index is 11.0. The van der Waals surface area contributed by atoms with Crippen LogP contribution in [0.5, 0.6) is 0 Å². The molecule has 1 nitrogen and oxygen atoms in total. The Morgan fingerprint density at radius 1 is 1.30 bits per heavy atom. The topological polar surface area (TPSA) is 17.1 Å². The third kappa shape index (κ3) is 2.51. The summed E-state index contributed by atoms with van der Waals surface area (Å²) in [5, 5.41) is 0. The number of rotatable bonds is 4. The van der Waals surface area contributed by atoms with E-state index in [2.05, 4.69) is 20.8 Å². The minimum atomic E-state index is 0.296. The summed E-state index contributed by atoms with van der Waals surface area (Å²) in [6, 6.07) is 0. The van der Waals surface area contributed by atoms with Crippen LogP contribution in [0.4, 0.5) is 0 Å². The molecule has 0 aromatic rings. The first-order valence-electron chi connectivity index (χ1n) is 4.13. The van der Waals surface area contributed by atoms with Crippen LogP contribution in [0, 0.1) is 11.8 Å². The summed E-state index contributed by atoms with van der Waals surface area (Å²) in [6.45, 7) is 8.06. The Balaban J connectivity index is 3.92. The molecule has 0 N–H and O–H groups in total. The highest BCUT2D eigenvalue weighted by atomic mass is 16.1. The van der Waals surface area contributed by atoms with E-state index in [1.165, 1.54) is 0 Å². The van der Waals surface area contributed by atoms with Crippen LogP contribution in [-0.2, 0) is 4.79 Å². The van der Waals surface area contributed by atoms with Crippen LogP contribution in [0.1, 0.15) is 40.5 Å². The van der Waals surface area contributed by atoms with E-state index in [1.807, 2.05) is 0 Å². The lowest BCUT2D eigenvalue weighted by Crippen LogP contribution is -2.17. The average molecular weight is 142 g/mol. The fourth-order valence-corrected chi connectivity index (χ4v) is 1.38. The monoisotopic (exact) mass is 142 g/mol. The predicted molar refractivity (Wildman–Crippen MR) is 43.9 cm³/mol. The molecule has 0 spiro atoms. The summed E-state index contributed by atoms with van der Waals surface area (Å²) in [5.74, 6) is 1.20. The largest absolute Gasteiger partial charge is 0.300 e. The molecular weight excluding hydrogens is 124 g/mol. The van der Waals surface area contributed by atoms with E-state index in [4.69, 9.17) is 0 Å². The second kappa shape index (κ2) is 4.48. The summed E-state index contributed by atoms with van der Waals surface area (Å²) in [5.41, 5.74) is 0. The Hall–Kier alpha value is -0.330. The lowest BCUT2D eigenvalue weighted by Gasteiger charge is -2.17. The summed E-state index contributed by atoms with van der Waals surface area (Å²) in [4.78, 5) is 11.0. The molecule has 1 heteroatoms. The molecule has 0 aliphatic rings. The molecule has 0 amide bonds. The van der Waals surface area contributed by atoms with E-state index in [9.17, 15) is 4.79 Å². The summed E-state index contributed by atoms with van der Waals surface area (Å²) in [7, 11) is 0. The van der Waals surface area contributed by atoms with Crippen molar-refractivity contribution in [3.63, 3.8) is 0 Å². The first kappa shape index (κ1) is 9.67. The molecule has 0 fully saturated rings. The Labute approximate surface area is 63.8 Å². The molecule has 0 radical (unpaired) electrons. The molecule has 0 saturated heterocycles. The highest BCUT2D eigenvalue weighted by Crippen LogP contribution is 2.18. The van der Waals surface area contributed by atoms with E-state index in [-0.39, 0.29) is 0 Å². The Bertz CT molecular complexity index is 107. The van der Waals surface area contributed by atoms with Gasteiger partial charge in [-0.1, -0.05) is 27.2 Å². The molecule has 2 atom stereocenters. The number of ketones is 1. The van der Waals surface area contributed by atoms with Gasteiger partial charge in [0.05, 0.1) is 0 Å². The smallest absolute Gasteiger partial charge is 0.133 e. The van der Waals surface area contributed by atoms with E-state index < -0.39 is 0 Å². The zero-order chi connectivity index (χ0) is 8.15. The molecule has 10 heavy (non-hydrogen) atoms. The summed E-state index contributed by atoms with van der Waals surface area (Å²) < 4.78 is 0. The first-order chi connectivity index (χ1) is 4.63. The lowest BCUT2D eigenvalue weighted by molar-refractivity contribution is -0.122. The maximum Gasteiger partial charge on any atom is 0.133 e. The van der Waals surface area contributed by atoms with Gasteiger partial charge in [0.15, 0.2) is 0 Å². The van der Waals surface area contributed by atoms with E-state index >= 15 is 0 Å². The number of Topliss-reactive ketones (excluding diaryl/α,β-unsaturated/α-hetero) is 1. The third-order valence-corrected chi connectivity index (χ3v) is 2.29. The molecule has 0 bridgehead atoms. The van der Waals surface area contributed by atoms with Gasteiger partial charge in [-0.3, -0.25) is 4.79 Å². The highest BCUT2D eigenvalue weighted by molar-refractivity contribution is 5.78. The van der Waals surface area contributed by atoms with Crippen molar-refractivity contribution < 1.29 is 4.79 Å². The van der Waals surface area contributed by atoms with Crippen molar-refractivity contribution >= 4 is 5.78 Å². The molecule has 0 rings (SSSR count). The minimum Gasteiger partial charge on any atom is -0.300 e. The standard InChI is InChI=1S/C9H18O/c1-5-7(3)9(6-2)8(4)10/h7,9H,5-6H2,1-4H3/t7-,9+/m0/s1. The van der Waals surface area contributed by atoms with E-state index in [0.717, 1.165) is 12.8 Å². The van der Waals surface area contributed by atoms with Crippen LogP contribution in [-0.4, -0.2) is 5.78 Å². The average Bonchev–Trinajstić information content (AvgIpc) is 1.88. The molecule has 0 aromatic carbocycles. The third-order valence-electron chi connectivity index (χ3n) is 2.29. The Morgan fingerprint density at radius 2 is 1.80 bits per heavy atom. The van der Waals surface area contributed by atoms with Crippen LogP contribution in [0.15, 0.2) is 0 Å². The highest BCUT2D eigenvalue weighted by Gasteiger charge is 2.17. The van der Waals surface area contributed by atoms with Gasteiger partial charge in [0, 0.05) is 5.92 Å². The minimum absolute atomic E-state index is 0.296. The maximum atomic E-state index is 11.0. The molecule has 60 valence electrons. The van der Waals surface area contributed by atoms with Gasteiger partial charge in [-0.15, -0.1) is 0 Å². The SMILES string of the molecule is CC[C@H](C)[C@@H](CC)C(C)=O. The van der Waals surface area contributed by atoms with Crippen molar-refractivity contribution in [1.82, 2.24) is 0 Å². The van der Waals surface area contributed by atoms with Crippen molar-refractivity contribution in [3.8, 4) is 0 Å². The van der Waals surface area contributed by atoms with Gasteiger partial charge in [0.1, 0.15) is 5.78 Å². The molecule has 0 aliphatic carbocycles. The van der Waals surface area contributed by atoms with Gasteiger partial charge in [-0.05, 0) is 19.3 Å². The fourth-order valence-electron chi connectivity index (χ4n) is 1.38. The van der Waals surface area contributed by atoms with Crippen molar-refractivity contribution in [2.75, 3.05) is 0 Å². The van der Waals surface area contributed by atoms with Gasteiger partial charge in [-0.2, -0.15) is 0 Å². The number of carbonyl (C=O) groups is 1. The van der Waals surface area contributed by atoms with Crippen LogP contribution in [0.3, 0.4) is 0 Å². The molecule has 0 aromatic heterocycles. The van der Waals surface area contributed by atoms with Crippen LogP contribution in [0.2, 0.25) is 0 Å². The quantitative estimate of drug-likeness (QED) is 0.589. The van der Waals surface area contributed by atoms with Gasteiger partial charge < -0.3 is 0 Å². The summed E-state index contributed by atoms with van der Waals surface area (Å²) in [6.07, 6.45) is 2.10. The second-order valence-electron chi connectivity index (χ2n) is 3.01. The van der Waals surface area contributed by atoms with Crippen LogP contribution < -0.4 is 0 Å².